The van der Waals surface area contributed by atoms with Crippen molar-refractivity contribution in [3.63, 3.8) is 0 Å². The number of benzene rings is 1. The maximum absolute atomic E-state index is 10.6. The van der Waals surface area contributed by atoms with Crippen LogP contribution in [0.4, 0.5) is 5.69 Å². The summed E-state index contributed by atoms with van der Waals surface area (Å²) in [4.78, 5) is 12.7. The zero-order valence-electron chi connectivity index (χ0n) is 9.45. The van der Waals surface area contributed by atoms with Gasteiger partial charge in [-0.25, -0.2) is 0 Å². The van der Waals surface area contributed by atoms with Gasteiger partial charge in [0.15, 0.2) is 0 Å². The molecule has 0 radical (unpaired) electrons. The average Bonchev–Trinajstić information content (AvgIpc) is 2.29. The molecule has 1 aromatic rings. The van der Waals surface area contributed by atoms with Gasteiger partial charge in [-0.3, -0.25) is 4.79 Å². The van der Waals surface area contributed by atoms with Crippen LogP contribution in [0.25, 0.3) is 0 Å². The van der Waals surface area contributed by atoms with Crippen LogP contribution in [0.3, 0.4) is 0 Å². The maximum atomic E-state index is 10.6. The molecule has 2 nitrogen and oxygen atoms in total. The first kappa shape index (κ1) is 12.8. The third-order valence-corrected chi connectivity index (χ3v) is 2.59. The first-order chi connectivity index (χ1) is 7.72. The van der Waals surface area contributed by atoms with Gasteiger partial charge in [-0.15, -0.1) is 6.58 Å². The molecule has 0 aliphatic rings. The van der Waals surface area contributed by atoms with Crippen LogP contribution in [0, 0.1) is 0 Å². The van der Waals surface area contributed by atoms with E-state index in [0.29, 0.717) is 10.6 Å². The summed E-state index contributed by atoms with van der Waals surface area (Å²) >= 11 is 6.14. The minimum atomic E-state index is 0.601. The highest BCUT2D eigenvalue weighted by molar-refractivity contribution is 6.33. The number of carbonyl (C=O) groups excluding carboxylic acids is 1. The first-order valence-corrected chi connectivity index (χ1v) is 5.71. The largest absolute Gasteiger partial charge is 0.367 e. The molecule has 0 unspecified atom stereocenters. The summed E-state index contributed by atoms with van der Waals surface area (Å²) in [5.41, 5.74) is 1.55. The molecule has 0 aromatic heterocycles. The van der Waals surface area contributed by atoms with E-state index in [2.05, 4.69) is 18.4 Å². The van der Waals surface area contributed by atoms with E-state index in [-0.39, 0.29) is 0 Å². The Morgan fingerprint density at radius 2 is 2.25 bits per heavy atom. The molecule has 0 aliphatic heterocycles. The van der Waals surface area contributed by atoms with Crippen molar-refractivity contribution in [2.75, 3.05) is 18.0 Å². The van der Waals surface area contributed by atoms with E-state index in [1.807, 2.05) is 12.1 Å². The molecule has 0 fully saturated rings. The molecule has 1 rings (SSSR count). The van der Waals surface area contributed by atoms with Crippen molar-refractivity contribution < 1.29 is 4.79 Å². The highest BCUT2D eigenvalue weighted by atomic mass is 35.5. The summed E-state index contributed by atoms with van der Waals surface area (Å²) in [6.45, 7) is 7.53. The number of carbonyl (C=O) groups is 1. The highest BCUT2D eigenvalue weighted by Gasteiger charge is 2.08. The molecule has 0 atom stereocenters. The fraction of sp³-hybridized carbons (Fsp3) is 0.308. The highest BCUT2D eigenvalue weighted by Crippen LogP contribution is 2.26. The molecule has 0 bridgehead atoms. The number of hydrogen-bond donors (Lipinski definition) is 0. The van der Waals surface area contributed by atoms with Gasteiger partial charge < -0.3 is 4.90 Å². The summed E-state index contributed by atoms with van der Waals surface area (Å²) in [7, 11) is 0. The average molecular weight is 238 g/mol. The van der Waals surface area contributed by atoms with Gasteiger partial charge in [-0.2, -0.15) is 0 Å². The van der Waals surface area contributed by atoms with Crippen molar-refractivity contribution in [1.82, 2.24) is 0 Å². The third kappa shape index (κ3) is 3.11. The van der Waals surface area contributed by atoms with Crippen LogP contribution in [0.15, 0.2) is 30.9 Å². The van der Waals surface area contributed by atoms with Crippen LogP contribution in [0.5, 0.6) is 0 Å². The second kappa shape index (κ2) is 6.33. The van der Waals surface area contributed by atoms with Crippen LogP contribution >= 0.6 is 11.6 Å². The monoisotopic (exact) mass is 237 g/mol. The van der Waals surface area contributed by atoms with E-state index in [4.69, 9.17) is 11.6 Å². The molecule has 0 aliphatic carbocycles. The second-order valence-corrected chi connectivity index (χ2v) is 3.97. The van der Waals surface area contributed by atoms with E-state index in [9.17, 15) is 4.79 Å². The molecule has 0 heterocycles. The van der Waals surface area contributed by atoms with Crippen molar-refractivity contribution in [2.45, 2.75) is 13.3 Å². The minimum Gasteiger partial charge on any atom is -0.367 e. The van der Waals surface area contributed by atoms with Gasteiger partial charge in [-0.1, -0.05) is 24.6 Å². The van der Waals surface area contributed by atoms with Crippen molar-refractivity contribution in [3.05, 3.63) is 41.4 Å². The minimum absolute atomic E-state index is 0.601. The van der Waals surface area contributed by atoms with Crippen molar-refractivity contribution in [2.24, 2.45) is 0 Å². The fourth-order valence-electron chi connectivity index (χ4n) is 1.59. The standard InChI is InChI=1S/C13H16ClNO/c1-3-7-15(8-4-2)13-6-5-11(10-16)9-12(13)14/h3,5-6,9-10H,1,4,7-8H2,2H3. The summed E-state index contributed by atoms with van der Waals surface area (Å²) in [6.07, 6.45) is 3.69. The van der Waals surface area contributed by atoms with E-state index >= 15 is 0 Å². The summed E-state index contributed by atoms with van der Waals surface area (Å²) in [5, 5.41) is 0.611. The molecule has 16 heavy (non-hydrogen) atoms. The van der Waals surface area contributed by atoms with E-state index in [0.717, 1.165) is 31.5 Å². The van der Waals surface area contributed by atoms with E-state index < -0.39 is 0 Å². The zero-order valence-corrected chi connectivity index (χ0v) is 10.2. The lowest BCUT2D eigenvalue weighted by molar-refractivity contribution is 0.112. The molecular weight excluding hydrogens is 222 g/mol. The molecular formula is C13H16ClNO. The van der Waals surface area contributed by atoms with E-state index in [1.165, 1.54) is 0 Å². The number of nitrogens with zero attached hydrogens (tertiary/aromatic N) is 1. The summed E-state index contributed by atoms with van der Waals surface area (Å²) in [6, 6.07) is 5.35. The van der Waals surface area contributed by atoms with Crippen LogP contribution in [0.1, 0.15) is 23.7 Å². The molecule has 0 saturated heterocycles. The zero-order chi connectivity index (χ0) is 12.0. The van der Waals surface area contributed by atoms with Gasteiger partial charge in [0.25, 0.3) is 0 Å². The van der Waals surface area contributed by atoms with Gasteiger partial charge in [0, 0.05) is 18.7 Å². The van der Waals surface area contributed by atoms with Crippen LogP contribution in [-0.4, -0.2) is 19.4 Å². The smallest absolute Gasteiger partial charge is 0.150 e. The topological polar surface area (TPSA) is 20.3 Å². The Morgan fingerprint density at radius 3 is 2.75 bits per heavy atom. The number of anilines is 1. The van der Waals surface area contributed by atoms with Gasteiger partial charge in [-0.05, 0) is 24.6 Å². The lowest BCUT2D eigenvalue weighted by Gasteiger charge is -2.23. The summed E-state index contributed by atoms with van der Waals surface area (Å²) < 4.78 is 0. The molecule has 3 heteroatoms. The molecule has 0 saturated carbocycles. The lowest BCUT2D eigenvalue weighted by atomic mass is 10.2. The molecule has 86 valence electrons. The Bertz CT molecular complexity index is 376. The van der Waals surface area contributed by atoms with Crippen LogP contribution in [-0.2, 0) is 0 Å². The molecule has 0 N–H and O–H groups in total. The van der Waals surface area contributed by atoms with Gasteiger partial charge >= 0.3 is 0 Å². The predicted octanol–water partition coefficient (Wildman–Crippen LogP) is 3.55. The van der Waals surface area contributed by atoms with Crippen molar-refractivity contribution in [3.8, 4) is 0 Å². The quantitative estimate of drug-likeness (QED) is 0.557. The Balaban J connectivity index is 2.99. The second-order valence-electron chi connectivity index (χ2n) is 3.56. The lowest BCUT2D eigenvalue weighted by Crippen LogP contribution is -2.24. The predicted molar refractivity (Wildman–Crippen MR) is 69.5 cm³/mol. The number of aldehydes is 1. The Morgan fingerprint density at radius 1 is 1.50 bits per heavy atom. The Labute approximate surface area is 102 Å². The van der Waals surface area contributed by atoms with Crippen LogP contribution in [0.2, 0.25) is 5.02 Å². The maximum Gasteiger partial charge on any atom is 0.150 e. The Hall–Kier alpha value is -1.28. The van der Waals surface area contributed by atoms with Gasteiger partial charge in [0.1, 0.15) is 6.29 Å². The molecule has 0 spiro atoms. The van der Waals surface area contributed by atoms with Crippen molar-refractivity contribution in [1.29, 1.82) is 0 Å². The number of halogens is 1. The third-order valence-electron chi connectivity index (χ3n) is 2.29. The number of hydrogen-bond acceptors (Lipinski definition) is 2. The number of rotatable bonds is 6. The van der Waals surface area contributed by atoms with Gasteiger partial charge in [0.05, 0.1) is 10.7 Å². The van der Waals surface area contributed by atoms with Gasteiger partial charge in [0.2, 0.25) is 0 Å². The van der Waals surface area contributed by atoms with E-state index in [1.54, 1.807) is 12.1 Å². The first-order valence-electron chi connectivity index (χ1n) is 5.33. The summed E-state index contributed by atoms with van der Waals surface area (Å²) in [5.74, 6) is 0. The molecule has 0 amide bonds. The fourth-order valence-corrected chi connectivity index (χ4v) is 1.90. The Kier molecular flexibility index (Phi) is 5.06. The SMILES string of the molecule is C=CCN(CCC)c1ccc(C=O)cc1Cl. The molecule has 1 aromatic carbocycles. The normalized spacial score (nSPS) is 9.88. The van der Waals surface area contributed by atoms with Crippen LogP contribution < -0.4 is 4.90 Å². The van der Waals surface area contributed by atoms with Crippen molar-refractivity contribution >= 4 is 23.6 Å².